The number of halogens is 3. The van der Waals surface area contributed by atoms with Crippen LogP contribution in [0.5, 0.6) is 5.75 Å². The second-order valence-corrected chi connectivity index (χ2v) is 7.69. The zero-order valence-corrected chi connectivity index (χ0v) is 17.8. The smallest absolute Gasteiger partial charge is 0.450 e. The largest absolute Gasteiger partial charge is 0.497 e. The minimum atomic E-state index is -4.85. The molecule has 0 radical (unpaired) electrons. The van der Waals surface area contributed by atoms with Crippen molar-refractivity contribution in [1.29, 1.82) is 0 Å². The molecule has 1 aliphatic heterocycles. The first-order chi connectivity index (χ1) is 15.3. The quantitative estimate of drug-likeness (QED) is 0.587. The highest BCUT2D eigenvalue weighted by Crippen LogP contribution is 2.38. The number of alkyl halides is 3. The van der Waals surface area contributed by atoms with Crippen molar-refractivity contribution in [2.45, 2.75) is 12.7 Å². The lowest BCUT2D eigenvalue weighted by molar-refractivity contribution is -0.153. The number of anilines is 1. The summed E-state index contributed by atoms with van der Waals surface area (Å²) in [5, 5.41) is 2.50. The van der Waals surface area contributed by atoms with Crippen molar-refractivity contribution < 1.29 is 31.9 Å². The van der Waals surface area contributed by atoms with Crippen LogP contribution in [-0.4, -0.2) is 53.6 Å². The number of methoxy groups -OCH3 is 1. The van der Waals surface area contributed by atoms with Crippen LogP contribution in [0.2, 0.25) is 0 Å². The Morgan fingerprint density at radius 1 is 1.28 bits per heavy atom. The van der Waals surface area contributed by atoms with Crippen LogP contribution < -0.4 is 10.1 Å². The van der Waals surface area contributed by atoms with Crippen LogP contribution in [0, 0.1) is 0 Å². The first-order valence-electron chi connectivity index (χ1n) is 9.63. The van der Waals surface area contributed by atoms with Crippen LogP contribution in [0.15, 0.2) is 34.7 Å². The van der Waals surface area contributed by atoms with Crippen LogP contribution in [0.4, 0.5) is 18.3 Å². The van der Waals surface area contributed by atoms with E-state index in [-0.39, 0.29) is 10.9 Å². The molecule has 0 unspecified atom stereocenters. The molecule has 32 heavy (non-hydrogen) atoms. The molecule has 0 spiro atoms. The van der Waals surface area contributed by atoms with Gasteiger partial charge in [-0.05, 0) is 18.2 Å². The van der Waals surface area contributed by atoms with Crippen LogP contribution >= 0.6 is 11.5 Å². The molecule has 1 aromatic carbocycles. The molecule has 0 saturated carbocycles. The van der Waals surface area contributed by atoms with E-state index in [4.69, 9.17) is 13.9 Å². The van der Waals surface area contributed by atoms with Crippen molar-refractivity contribution in [3.05, 3.63) is 47.5 Å². The Morgan fingerprint density at radius 3 is 2.78 bits per heavy atom. The standard InChI is InChI=1S/C20H19F3N4O4S/c1-29-13-4-2-3-12(9-13)15-10-14(17(31-15)20(21,22)23)18(28)25-19-24-16(26-32-19)11-27-5-7-30-8-6-27/h2-4,9-10H,5-8,11H2,1H3,(H,24,25,26,28). The number of carbonyl (C=O) groups excluding carboxylic acids is 1. The van der Waals surface area contributed by atoms with Gasteiger partial charge in [-0.15, -0.1) is 0 Å². The van der Waals surface area contributed by atoms with Crippen LogP contribution in [0.1, 0.15) is 21.9 Å². The number of rotatable bonds is 6. The Morgan fingerprint density at radius 2 is 2.06 bits per heavy atom. The highest BCUT2D eigenvalue weighted by Gasteiger charge is 2.40. The molecule has 1 saturated heterocycles. The van der Waals surface area contributed by atoms with Gasteiger partial charge in [-0.2, -0.15) is 17.5 Å². The number of morpholine rings is 1. The lowest BCUT2D eigenvalue weighted by atomic mass is 10.1. The molecule has 1 aliphatic rings. The van der Waals surface area contributed by atoms with Gasteiger partial charge in [-0.25, -0.2) is 4.98 Å². The van der Waals surface area contributed by atoms with Gasteiger partial charge in [0.05, 0.1) is 32.4 Å². The van der Waals surface area contributed by atoms with Crippen molar-refractivity contribution in [3.63, 3.8) is 0 Å². The van der Waals surface area contributed by atoms with E-state index in [1.807, 2.05) is 0 Å². The van der Waals surface area contributed by atoms with Gasteiger partial charge in [0.2, 0.25) is 10.9 Å². The highest BCUT2D eigenvalue weighted by molar-refractivity contribution is 7.09. The molecule has 1 N–H and O–H groups in total. The molecule has 3 aromatic rings. The highest BCUT2D eigenvalue weighted by atomic mass is 32.1. The molecule has 1 amide bonds. The molecule has 12 heteroatoms. The molecule has 2 aromatic heterocycles. The summed E-state index contributed by atoms with van der Waals surface area (Å²) in [6, 6.07) is 7.40. The number of carbonyl (C=O) groups is 1. The third-order valence-corrected chi connectivity index (χ3v) is 5.41. The van der Waals surface area contributed by atoms with Crippen molar-refractivity contribution in [2.75, 3.05) is 38.7 Å². The SMILES string of the molecule is COc1cccc(-c2cc(C(=O)Nc3nc(CN4CCOCC4)ns3)c(C(F)(F)F)o2)c1. The Bertz CT molecular complexity index is 1090. The summed E-state index contributed by atoms with van der Waals surface area (Å²) >= 11 is 0.903. The first kappa shape index (κ1) is 22.2. The Labute approximate surface area is 185 Å². The fraction of sp³-hybridized carbons (Fsp3) is 0.350. The van der Waals surface area contributed by atoms with Crippen molar-refractivity contribution >= 4 is 22.6 Å². The molecular weight excluding hydrogens is 449 g/mol. The molecule has 0 atom stereocenters. The van der Waals surface area contributed by atoms with Gasteiger partial charge in [0.1, 0.15) is 11.5 Å². The second-order valence-electron chi connectivity index (χ2n) is 6.94. The summed E-state index contributed by atoms with van der Waals surface area (Å²) in [6.07, 6.45) is -4.85. The van der Waals surface area contributed by atoms with Crippen LogP contribution in [0.25, 0.3) is 11.3 Å². The number of hydrogen-bond acceptors (Lipinski definition) is 8. The fourth-order valence-electron chi connectivity index (χ4n) is 3.18. The van der Waals surface area contributed by atoms with Gasteiger partial charge < -0.3 is 13.9 Å². The number of amides is 1. The molecule has 0 bridgehead atoms. The number of nitrogens with one attached hydrogen (secondary N) is 1. The minimum Gasteiger partial charge on any atom is -0.497 e. The van der Waals surface area contributed by atoms with Crippen LogP contribution in [0.3, 0.4) is 0 Å². The molecule has 8 nitrogen and oxygen atoms in total. The van der Waals surface area contributed by atoms with E-state index in [2.05, 4.69) is 19.6 Å². The van der Waals surface area contributed by atoms with E-state index in [9.17, 15) is 18.0 Å². The molecule has 4 rings (SSSR count). The second kappa shape index (κ2) is 9.27. The number of hydrogen-bond donors (Lipinski definition) is 1. The summed E-state index contributed by atoms with van der Waals surface area (Å²) < 4.78 is 60.2. The third-order valence-electron chi connectivity index (χ3n) is 4.75. The van der Waals surface area contributed by atoms with Gasteiger partial charge >= 0.3 is 6.18 Å². The fourth-order valence-corrected chi connectivity index (χ4v) is 3.76. The van der Waals surface area contributed by atoms with Gasteiger partial charge in [0.15, 0.2) is 5.82 Å². The summed E-state index contributed by atoms with van der Waals surface area (Å²) in [7, 11) is 1.44. The Kier molecular flexibility index (Phi) is 6.44. The maximum Gasteiger partial charge on any atom is 0.450 e. The zero-order chi connectivity index (χ0) is 22.7. The summed E-state index contributed by atoms with van der Waals surface area (Å²) in [5.41, 5.74) is -0.294. The van der Waals surface area contributed by atoms with E-state index in [1.165, 1.54) is 13.2 Å². The first-order valence-corrected chi connectivity index (χ1v) is 10.4. The maximum absolute atomic E-state index is 13.5. The average Bonchev–Trinajstić information content (AvgIpc) is 3.42. The summed E-state index contributed by atoms with van der Waals surface area (Å²) in [6.45, 7) is 3.17. The number of aromatic nitrogens is 2. The lowest BCUT2D eigenvalue weighted by Crippen LogP contribution is -2.35. The lowest BCUT2D eigenvalue weighted by Gasteiger charge is -2.25. The maximum atomic E-state index is 13.5. The molecule has 170 valence electrons. The average molecular weight is 468 g/mol. The summed E-state index contributed by atoms with van der Waals surface area (Å²) in [5.74, 6) is -1.55. The van der Waals surface area contributed by atoms with E-state index < -0.39 is 23.4 Å². The van der Waals surface area contributed by atoms with E-state index in [0.29, 0.717) is 36.9 Å². The number of benzene rings is 1. The topological polar surface area (TPSA) is 89.7 Å². The van der Waals surface area contributed by atoms with Crippen molar-refractivity contribution in [2.24, 2.45) is 0 Å². The molecule has 3 heterocycles. The monoisotopic (exact) mass is 468 g/mol. The zero-order valence-electron chi connectivity index (χ0n) is 16.9. The van der Waals surface area contributed by atoms with E-state index in [1.54, 1.807) is 18.2 Å². The number of nitrogens with zero attached hydrogens (tertiary/aromatic N) is 3. The van der Waals surface area contributed by atoms with Crippen molar-refractivity contribution in [1.82, 2.24) is 14.3 Å². The Balaban J connectivity index is 1.54. The van der Waals surface area contributed by atoms with E-state index in [0.717, 1.165) is 30.7 Å². The van der Waals surface area contributed by atoms with Gasteiger partial charge in [-0.1, -0.05) is 12.1 Å². The third kappa shape index (κ3) is 5.09. The number of furan rings is 1. The predicted octanol–water partition coefficient (Wildman–Crippen LogP) is 3.91. The van der Waals surface area contributed by atoms with Gasteiger partial charge in [-0.3, -0.25) is 15.0 Å². The molecule has 1 fully saturated rings. The number of ether oxygens (including phenoxy) is 2. The van der Waals surface area contributed by atoms with Gasteiger partial charge in [0.25, 0.3) is 5.91 Å². The minimum absolute atomic E-state index is 0.105. The van der Waals surface area contributed by atoms with E-state index >= 15 is 0 Å². The van der Waals surface area contributed by atoms with Crippen LogP contribution in [-0.2, 0) is 17.5 Å². The van der Waals surface area contributed by atoms with Crippen molar-refractivity contribution in [3.8, 4) is 17.1 Å². The predicted molar refractivity (Wildman–Crippen MR) is 110 cm³/mol. The summed E-state index contributed by atoms with van der Waals surface area (Å²) in [4.78, 5) is 19.0. The molecule has 0 aliphatic carbocycles. The normalized spacial score (nSPS) is 15.0. The Hall–Kier alpha value is -2.96. The molecular formula is C20H19F3N4O4S. The van der Waals surface area contributed by atoms with Gasteiger partial charge in [0, 0.05) is 30.2 Å².